The molecule has 0 aliphatic carbocycles. The summed E-state index contributed by atoms with van der Waals surface area (Å²) in [5, 5.41) is 4.16. The Morgan fingerprint density at radius 1 is 1.33 bits per heavy atom. The third-order valence-electron chi connectivity index (χ3n) is 2.83. The Kier molecular flexibility index (Phi) is 4.04. The molecule has 1 aromatic heterocycles. The summed E-state index contributed by atoms with van der Waals surface area (Å²) in [4.78, 5) is 4.22. The quantitative estimate of drug-likeness (QED) is 0.881. The van der Waals surface area contributed by atoms with Crippen molar-refractivity contribution < 1.29 is 4.39 Å². The molecule has 1 unspecified atom stereocenters. The minimum absolute atomic E-state index is 0.189. The maximum Gasteiger partial charge on any atom is 0.138 e. The third kappa shape index (κ3) is 2.92. The van der Waals surface area contributed by atoms with Gasteiger partial charge in [-0.15, -0.1) is 0 Å². The maximum absolute atomic E-state index is 12.8. The lowest BCUT2D eigenvalue weighted by molar-refractivity contribution is 0.547. The summed E-state index contributed by atoms with van der Waals surface area (Å²) >= 11 is 0. The van der Waals surface area contributed by atoms with E-state index in [4.69, 9.17) is 5.73 Å². The van der Waals surface area contributed by atoms with E-state index in [-0.39, 0.29) is 11.9 Å². The van der Waals surface area contributed by atoms with Crippen LogP contribution in [0.1, 0.15) is 30.8 Å². The lowest BCUT2D eigenvalue weighted by Crippen LogP contribution is -2.17. The highest BCUT2D eigenvalue weighted by atomic mass is 19.1. The number of benzene rings is 1. The topological polar surface area (TPSA) is 56.7 Å². The second kappa shape index (κ2) is 5.73. The molecule has 96 valence electrons. The van der Waals surface area contributed by atoms with Crippen molar-refractivity contribution in [3.8, 4) is 0 Å². The molecule has 4 nitrogen and oxygen atoms in total. The molecule has 2 aromatic rings. The number of aryl methyl sites for hydroxylation is 1. The summed E-state index contributed by atoms with van der Waals surface area (Å²) in [6.45, 7) is 2.93. The molecule has 0 aliphatic rings. The Bertz CT molecular complexity index is 492. The van der Waals surface area contributed by atoms with Crippen LogP contribution in [0.4, 0.5) is 4.39 Å². The Morgan fingerprint density at radius 3 is 2.72 bits per heavy atom. The highest BCUT2D eigenvalue weighted by Gasteiger charge is 2.11. The molecule has 5 heteroatoms. The van der Waals surface area contributed by atoms with Gasteiger partial charge >= 0.3 is 0 Å². The van der Waals surface area contributed by atoms with Gasteiger partial charge in [-0.05, 0) is 24.1 Å². The Labute approximate surface area is 106 Å². The van der Waals surface area contributed by atoms with Gasteiger partial charge in [0.15, 0.2) is 0 Å². The van der Waals surface area contributed by atoms with Gasteiger partial charge in [0, 0.05) is 19.0 Å². The molecular weight excluding hydrogens is 231 g/mol. The van der Waals surface area contributed by atoms with Crippen LogP contribution in [0.5, 0.6) is 0 Å². The highest BCUT2D eigenvalue weighted by Crippen LogP contribution is 2.15. The average molecular weight is 248 g/mol. The van der Waals surface area contributed by atoms with Crippen molar-refractivity contribution >= 4 is 0 Å². The van der Waals surface area contributed by atoms with Gasteiger partial charge in [-0.25, -0.2) is 9.37 Å². The monoisotopic (exact) mass is 248 g/mol. The van der Waals surface area contributed by atoms with E-state index in [9.17, 15) is 4.39 Å². The van der Waals surface area contributed by atoms with Crippen molar-refractivity contribution in [3.63, 3.8) is 0 Å². The van der Waals surface area contributed by atoms with Gasteiger partial charge in [-0.2, -0.15) is 5.10 Å². The normalized spacial score (nSPS) is 12.6. The van der Waals surface area contributed by atoms with E-state index in [2.05, 4.69) is 17.0 Å². The van der Waals surface area contributed by atoms with E-state index in [1.807, 2.05) is 4.68 Å². The maximum atomic E-state index is 12.8. The van der Waals surface area contributed by atoms with E-state index in [1.165, 1.54) is 12.1 Å². The lowest BCUT2D eigenvalue weighted by atomic mass is 10.0. The van der Waals surface area contributed by atoms with Crippen LogP contribution in [0, 0.1) is 5.82 Å². The molecule has 0 saturated carbocycles. The van der Waals surface area contributed by atoms with E-state index >= 15 is 0 Å². The van der Waals surface area contributed by atoms with Crippen LogP contribution in [0.2, 0.25) is 0 Å². The van der Waals surface area contributed by atoms with Crippen LogP contribution in [0.15, 0.2) is 30.6 Å². The van der Waals surface area contributed by atoms with Gasteiger partial charge in [0.05, 0.1) is 0 Å². The van der Waals surface area contributed by atoms with Crippen molar-refractivity contribution in [3.05, 3.63) is 47.8 Å². The molecule has 1 aromatic carbocycles. The fourth-order valence-electron chi connectivity index (χ4n) is 1.87. The zero-order valence-corrected chi connectivity index (χ0v) is 10.4. The second-order valence-corrected chi connectivity index (χ2v) is 4.26. The molecule has 0 spiro atoms. The zero-order valence-electron chi connectivity index (χ0n) is 10.4. The molecule has 0 aliphatic heterocycles. The van der Waals surface area contributed by atoms with Gasteiger partial charge in [0.25, 0.3) is 0 Å². The SMILES string of the molecule is CCCn1ncnc1CC(N)c1ccc(F)cc1. The van der Waals surface area contributed by atoms with Crippen LogP contribution >= 0.6 is 0 Å². The second-order valence-electron chi connectivity index (χ2n) is 4.26. The number of aromatic nitrogens is 3. The van der Waals surface area contributed by atoms with Crippen molar-refractivity contribution in [2.45, 2.75) is 32.4 Å². The van der Waals surface area contributed by atoms with Gasteiger partial charge in [-0.3, -0.25) is 4.68 Å². The predicted octanol–water partition coefficient (Wildman–Crippen LogP) is 2.07. The van der Waals surface area contributed by atoms with Gasteiger partial charge < -0.3 is 5.73 Å². The van der Waals surface area contributed by atoms with Crippen LogP contribution in [-0.4, -0.2) is 14.8 Å². The predicted molar refractivity (Wildman–Crippen MR) is 67.3 cm³/mol. The van der Waals surface area contributed by atoms with Crippen molar-refractivity contribution in [2.75, 3.05) is 0 Å². The number of hydrogen-bond donors (Lipinski definition) is 1. The van der Waals surface area contributed by atoms with Crippen molar-refractivity contribution in [2.24, 2.45) is 5.73 Å². The number of hydrogen-bond acceptors (Lipinski definition) is 3. The fourth-order valence-corrected chi connectivity index (χ4v) is 1.87. The highest BCUT2D eigenvalue weighted by molar-refractivity contribution is 5.20. The summed E-state index contributed by atoms with van der Waals surface area (Å²) in [5.74, 6) is 0.619. The number of nitrogens with zero attached hydrogens (tertiary/aromatic N) is 3. The summed E-state index contributed by atoms with van der Waals surface area (Å²) in [6.07, 6.45) is 3.15. The number of nitrogens with two attached hydrogens (primary N) is 1. The van der Waals surface area contributed by atoms with E-state index in [0.29, 0.717) is 6.42 Å². The minimum Gasteiger partial charge on any atom is -0.324 e. The molecule has 18 heavy (non-hydrogen) atoms. The Balaban J connectivity index is 2.08. The standard InChI is InChI=1S/C13H17FN4/c1-2-7-18-13(16-9-17-18)8-12(15)10-3-5-11(14)6-4-10/h3-6,9,12H,2,7-8,15H2,1H3. The summed E-state index contributed by atoms with van der Waals surface area (Å²) in [7, 11) is 0. The summed E-state index contributed by atoms with van der Waals surface area (Å²) in [6, 6.07) is 6.07. The first-order valence-corrected chi connectivity index (χ1v) is 6.08. The van der Waals surface area contributed by atoms with Crippen molar-refractivity contribution in [1.82, 2.24) is 14.8 Å². The Morgan fingerprint density at radius 2 is 2.06 bits per heavy atom. The van der Waals surface area contributed by atoms with Crippen LogP contribution < -0.4 is 5.73 Å². The largest absolute Gasteiger partial charge is 0.324 e. The van der Waals surface area contributed by atoms with Crippen LogP contribution in [0.25, 0.3) is 0 Å². The smallest absolute Gasteiger partial charge is 0.138 e. The molecule has 0 fully saturated rings. The van der Waals surface area contributed by atoms with Crippen LogP contribution in [0.3, 0.4) is 0 Å². The molecule has 0 saturated heterocycles. The molecule has 2 N–H and O–H groups in total. The first-order chi connectivity index (χ1) is 8.70. The van der Waals surface area contributed by atoms with Crippen LogP contribution in [-0.2, 0) is 13.0 Å². The minimum atomic E-state index is -0.250. The lowest BCUT2D eigenvalue weighted by Gasteiger charge is -2.12. The molecular formula is C13H17FN4. The molecule has 0 radical (unpaired) electrons. The molecule has 2 rings (SSSR count). The first-order valence-electron chi connectivity index (χ1n) is 6.08. The van der Waals surface area contributed by atoms with E-state index in [1.54, 1.807) is 18.5 Å². The van der Waals surface area contributed by atoms with Crippen molar-refractivity contribution in [1.29, 1.82) is 0 Å². The molecule has 1 atom stereocenters. The fraction of sp³-hybridized carbons (Fsp3) is 0.385. The Hall–Kier alpha value is -1.75. The van der Waals surface area contributed by atoms with Gasteiger partial charge in [-0.1, -0.05) is 19.1 Å². The van der Waals surface area contributed by atoms with E-state index in [0.717, 1.165) is 24.4 Å². The van der Waals surface area contributed by atoms with Gasteiger partial charge in [0.2, 0.25) is 0 Å². The third-order valence-corrected chi connectivity index (χ3v) is 2.83. The number of rotatable bonds is 5. The average Bonchev–Trinajstić information content (AvgIpc) is 2.78. The summed E-state index contributed by atoms with van der Waals surface area (Å²) in [5.41, 5.74) is 7.00. The molecule has 0 amide bonds. The molecule has 0 bridgehead atoms. The van der Waals surface area contributed by atoms with Gasteiger partial charge in [0.1, 0.15) is 18.0 Å². The van der Waals surface area contributed by atoms with E-state index < -0.39 is 0 Å². The summed E-state index contributed by atoms with van der Waals surface area (Å²) < 4.78 is 14.7. The first kappa shape index (κ1) is 12.7. The number of halogens is 1. The zero-order chi connectivity index (χ0) is 13.0. The molecule has 1 heterocycles.